The quantitative estimate of drug-likeness (QED) is 0.318. The van der Waals surface area contributed by atoms with Gasteiger partial charge in [-0.3, -0.25) is 23.9 Å². The molecule has 182 valence electrons. The highest BCUT2D eigenvalue weighted by Crippen LogP contribution is 2.37. The Hall–Kier alpha value is -2.64. The van der Waals surface area contributed by atoms with E-state index in [2.05, 4.69) is 0 Å². The number of esters is 1. The molecule has 34 heavy (non-hydrogen) atoms. The molecule has 2 saturated heterocycles. The van der Waals surface area contributed by atoms with Gasteiger partial charge in [0.05, 0.1) is 17.4 Å². The van der Waals surface area contributed by atoms with E-state index in [4.69, 9.17) is 17.0 Å². The first-order chi connectivity index (χ1) is 16.3. The van der Waals surface area contributed by atoms with Gasteiger partial charge in [-0.15, -0.1) is 0 Å². The molecule has 0 radical (unpaired) electrons. The van der Waals surface area contributed by atoms with Crippen molar-refractivity contribution in [2.45, 2.75) is 53.5 Å². The van der Waals surface area contributed by atoms with E-state index in [-0.39, 0.29) is 28.9 Å². The number of piperidine rings is 1. The van der Waals surface area contributed by atoms with Gasteiger partial charge in [0, 0.05) is 31.7 Å². The van der Waals surface area contributed by atoms with E-state index in [1.54, 1.807) is 29.4 Å². The fourth-order valence-corrected chi connectivity index (χ4v) is 5.74. The highest BCUT2D eigenvalue weighted by Gasteiger charge is 2.34. The van der Waals surface area contributed by atoms with Crippen LogP contribution < -0.4 is 10.5 Å². The van der Waals surface area contributed by atoms with Crippen LogP contribution in [-0.4, -0.2) is 51.9 Å². The van der Waals surface area contributed by atoms with Crippen molar-refractivity contribution in [2.24, 2.45) is 5.92 Å². The summed E-state index contributed by atoms with van der Waals surface area (Å²) in [5, 5.41) is 9.73. The number of anilines is 1. The third kappa shape index (κ3) is 4.91. The summed E-state index contributed by atoms with van der Waals surface area (Å²) >= 11 is 6.64. The molecule has 1 aromatic heterocycles. The number of pyridine rings is 1. The molecule has 0 bridgehead atoms. The molecule has 0 aromatic carbocycles. The van der Waals surface area contributed by atoms with Crippen molar-refractivity contribution in [3.05, 3.63) is 31.9 Å². The van der Waals surface area contributed by atoms with Crippen molar-refractivity contribution in [1.82, 2.24) is 9.47 Å². The molecule has 1 atom stereocenters. The summed E-state index contributed by atoms with van der Waals surface area (Å²) in [6.07, 6.45) is 4.01. The molecular formula is C24H30N4O4S2. The lowest BCUT2D eigenvalue weighted by atomic mass is 9.96. The van der Waals surface area contributed by atoms with E-state index in [0.717, 1.165) is 12.8 Å². The Labute approximate surface area is 209 Å². The lowest BCUT2D eigenvalue weighted by Gasteiger charge is -2.36. The number of hydrogen-bond donors (Lipinski definition) is 0. The zero-order valence-corrected chi connectivity index (χ0v) is 21.7. The zero-order chi connectivity index (χ0) is 25.0. The topological polar surface area (TPSA) is 95.6 Å². The first kappa shape index (κ1) is 26.0. The Kier molecular flexibility index (Phi) is 8.55. The standard InChI is InChI=1S/C24H30N4O4S2/c1-5-10-28-22(30)19(34-24(28)33)12-17-15(4)18(13-25)21(29)27(6-2)20(17)26-11-8-9-16(14-26)23(31)32-7-3/h12,16H,5-11,14H2,1-4H3. The van der Waals surface area contributed by atoms with Gasteiger partial charge in [0.25, 0.3) is 11.5 Å². The largest absolute Gasteiger partial charge is 0.466 e. The number of nitrogens with zero attached hydrogens (tertiary/aromatic N) is 4. The maximum absolute atomic E-state index is 13.2. The molecule has 0 spiro atoms. The van der Waals surface area contributed by atoms with Gasteiger partial charge in [0.1, 0.15) is 21.8 Å². The molecule has 10 heteroatoms. The minimum Gasteiger partial charge on any atom is -0.466 e. The predicted octanol–water partition coefficient (Wildman–Crippen LogP) is 3.44. The van der Waals surface area contributed by atoms with Gasteiger partial charge < -0.3 is 9.64 Å². The lowest BCUT2D eigenvalue weighted by Crippen LogP contribution is -2.43. The van der Waals surface area contributed by atoms with Gasteiger partial charge in [-0.1, -0.05) is 30.9 Å². The molecule has 2 aliphatic heterocycles. The van der Waals surface area contributed by atoms with Crippen LogP contribution in [0.5, 0.6) is 0 Å². The number of ether oxygens (including phenoxy) is 1. The van der Waals surface area contributed by atoms with Crippen LogP contribution in [0.25, 0.3) is 6.08 Å². The number of thioether (sulfide) groups is 1. The van der Waals surface area contributed by atoms with Crippen LogP contribution in [0.4, 0.5) is 5.82 Å². The minimum absolute atomic E-state index is 0.0554. The molecule has 3 rings (SSSR count). The first-order valence-corrected chi connectivity index (χ1v) is 12.9. The predicted molar refractivity (Wildman–Crippen MR) is 138 cm³/mol. The fraction of sp³-hybridized carbons (Fsp3) is 0.542. The summed E-state index contributed by atoms with van der Waals surface area (Å²) in [5.41, 5.74) is 0.844. The van der Waals surface area contributed by atoms with Gasteiger partial charge in [-0.05, 0) is 51.7 Å². The molecule has 2 fully saturated rings. The number of carbonyl (C=O) groups excluding carboxylic acids is 2. The lowest BCUT2D eigenvalue weighted by molar-refractivity contribution is -0.148. The summed E-state index contributed by atoms with van der Waals surface area (Å²) in [6.45, 7) is 9.60. The molecule has 0 N–H and O–H groups in total. The van der Waals surface area contributed by atoms with Gasteiger partial charge >= 0.3 is 5.97 Å². The van der Waals surface area contributed by atoms with Gasteiger partial charge in [-0.25, -0.2) is 0 Å². The second-order valence-electron chi connectivity index (χ2n) is 8.27. The van der Waals surface area contributed by atoms with Crippen LogP contribution >= 0.6 is 24.0 Å². The van der Waals surface area contributed by atoms with Gasteiger partial charge in [-0.2, -0.15) is 5.26 Å². The Balaban J connectivity index is 2.17. The number of carbonyl (C=O) groups is 2. The molecule has 1 aromatic rings. The highest BCUT2D eigenvalue weighted by molar-refractivity contribution is 8.26. The van der Waals surface area contributed by atoms with Gasteiger partial charge in [0.15, 0.2) is 0 Å². The van der Waals surface area contributed by atoms with Crippen LogP contribution in [0.15, 0.2) is 9.70 Å². The van der Waals surface area contributed by atoms with Crippen LogP contribution in [-0.2, 0) is 20.9 Å². The smallest absolute Gasteiger partial charge is 0.310 e. The fourth-order valence-electron chi connectivity index (χ4n) is 4.45. The number of thiocarbonyl (C=S) groups is 1. The molecular weight excluding hydrogens is 472 g/mol. The third-order valence-corrected chi connectivity index (χ3v) is 7.48. The number of amides is 1. The Morgan fingerprint density at radius 1 is 1.32 bits per heavy atom. The van der Waals surface area contributed by atoms with E-state index < -0.39 is 0 Å². The molecule has 2 aliphatic rings. The van der Waals surface area contributed by atoms with E-state index in [0.29, 0.717) is 65.4 Å². The maximum Gasteiger partial charge on any atom is 0.310 e. The van der Waals surface area contributed by atoms with Crippen molar-refractivity contribution in [1.29, 1.82) is 5.26 Å². The first-order valence-electron chi connectivity index (χ1n) is 11.6. The van der Waals surface area contributed by atoms with Crippen LogP contribution in [0.3, 0.4) is 0 Å². The number of rotatable bonds is 7. The van der Waals surface area contributed by atoms with Crippen LogP contribution in [0.2, 0.25) is 0 Å². The average molecular weight is 503 g/mol. The molecule has 3 heterocycles. The average Bonchev–Trinajstić information content (AvgIpc) is 3.08. The van der Waals surface area contributed by atoms with Crippen molar-refractivity contribution < 1.29 is 14.3 Å². The molecule has 0 saturated carbocycles. The molecule has 1 amide bonds. The summed E-state index contributed by atoms with van der Waals surface area (Å²) in [5.74, 6) is -0.0950. The molecule has 0 aliphatic carbocycles. The van der Waals surface area contributed by atoms with E-state index in [1.807, 2.05) is 24.8 Å². The van der Waals surface area contributed by atoms with Crippen molar-refractivity contribution in [3.8, 4) is 6.07 Å². The Bertz CT molecular complexity index is 1140. The zero-order valence-electron chi connectivity index (χ0n) is 20.0. The number of aromatic nitrogens is 1. The summed E-state index contributed by atoms with van der Waals surface area (Å²) in [4.78, 5) is 42.7. The monoisotopic (exact) mass is 502 g/mol. The van der Waals surface area contributed by atoms with Crippen molar-refractivity contribution in [3.63, 3.8) is 0 Å². The van der Waals surface area contributed by atoms with Crippen LogP contribution in [0, 0.1) is 24.2 Å². The van der Waals surface area contributed by atoms with E-state index in [9.17, 15) is 19.6 Å². The highest BCUT2D eigenvalue weighted by atomic mass is 32.2. The van der Waals surface area contributed by atoms with E-state index >= 15 is 0 Å². The number of hydrogen-bond acceptors (Lipinski definition) is 8. The summed E-state index contributed by atoms with van der Waals surface area (Å²) in [7, 11) is 0. The number of nitriles is 1. The molecule has 8 nitrogen and oxygen atoms in total. The third-order valence-electron chi connectivity index (χ3n) is 6.10. The second kappa shape index (κ2) is 11.2. The summed E-state index contributed by atoms with van der Waals surface area (Å²) in [6, 6.07) is 2.04. The van der Waals surface area contributed by atoms with Gasteiger partial charge in [0.2, 0.25) is 0 Å². The molecule has 1 unspecified atom stereocenters. The minimum atomic E-state index is -0.369. The van der Waals surface area contributed by atoms with Crippen molar-refractivity contribution in [2.75, 3.05) is 31.1 Å². The van der Waals surface area contributed by atoms with Crippen molar-refractivity contribution >= 4 is 52.1 Å². The van der Waals surface area contributed by atoms with E-state index in [1.165, 1.54) is 11.8 Å². The normalized spacial score (nSPS) is 19.6. The maximum atomic E-state index is 13.2. The SMILES string of the molecule is CCCN1C(=O)C(=Cc2c(C)c(C#N)c(=O)n(CC)c2N2CCCC(C(=O)OCC)C2)SC1=S. The Morgan fingerprint density at radius 3 is 2.68 bits per heavy atom. The Morgan fingerprint density at radius 2 is 2.06 bits per heavy atom. The second-order valence-corrected chi connectivity index (χ2v) is 9.94. The van der Waals surface area contributed by atoms with Crippen LogP contribution in [0.1, 0.15) is 56.7 Å². The summed E-state index contributed by atoms with van der Waals surface area (Å²) < 4.78 is 7.32.